The van der Waals surface area contributed by atoms with Crippen LogP contribution >= 0.6 is 15.9 Å². The summed E-state index contributed by atoms with van der Waals surface area (Å²) in [4.78, 5) is 6.82. The Morgan fingerprint density at radius 1 is 1.47 bits per heavy atom. The maximum atomic E-state index is 8.12. The number of aliphatic imine (C=N–C) groups is 2. The van der Waals surface area contributed by atoms with Gasteiger partial charge in [-0.05, 0) is 6.07 Å². The molecule has 0 unspecified atom stereocenters. The van der Waals surface area contributed by atoms with Crippen LogP contribution in [0.1, 0.15) is 5.56 Å². The molecule has 1 aromatic carbocycles. The second-order valence-corrected chi connectivity index (χ2v) is 3.60. The Morgan fingerprint density at radius 3 is 2.94 bits per heavy atom. The molecule has 1 rings (SSSR count). The lowest BCUT2D eigenvalue weighted by atomic mass is 10.2. The van der Waals surface area contributed by atoms with E-state index in [9.17, 15) is 0 Å². The zero-order valence-electron chi connectivity index (χ0n) is 8.71. The molecule has 0 radical (unpaired) electrons. The van der Waals surface area contributed by atoms with Crippen LogP contribution in [0.15, 0.2) is 43.8 Å². The van der Waals surface area contributed by atoms with E-state index in [0.29, 0.717) is 0 Å². The summed E-state index contributed by atoms with van der Waals surface area (Å²) in [6.45, 7) is 0. The zero-order valence-corrected chi connectivity index (χ0v) is 10.3. The summed E-state index contributed by atoms with van der Waals surface area (Å²) in [5.41, 5.74) is 8.82. The average molecular weight is 293 g/mol. The minimum atomic E-state index is 0.0484. The molecule has 0 saturated heterocycles. The molecule has 0 heterocycles. The predicted octanol–water partition coefficient (Wildman–Crippen LogP) is 1.20. The van der Waals surface area contributed by atoms with E-state index in [4.69, 9.17) is 11.0 Å². The molecule has 6 nitrogen and oxygen atoms in total. The third kappa shape index (κ3) is 4.90. The number of nitrogens with one attached hydrogen (secondary N) is 1. The summed E-state index contributed by atoms with van der Waals surface area (Å²) in [6, 6.07) is 7.59. The first-order chi connectivity index (χ1) is 8.24. The molecule has 0 aromatic heterocycles. The van der Waals surface area contributed by atoms with Gasteiger partial charge in [-0.2, -0.15) is 15.4 Å². The molecule has 0 amide bonds. The summed E-state index contributed by atoms with van der Waals surface area (Å²) < 4.78 is 0.923. The number of hydrogen-bond donors (Lipinski definition) is 2. The largest absolute Gasteiger partial charge is 0.368 e. The number of guanidine groups is 1. The highest BCUT2D eigenvalue weighted by atomic mass is 79.9. The van der Waals surface area contributed by atoms with Gasteiger partial charge < -0.3 is 5.73 Å². The molecule has 1 aromatic rings. The van der Waals surface area contributed by atoms with Gasteiger partial charge in [0.05, 0.1) is 6.21 Å². The number of rotatable bonds is 3. The van der Waals surface area contributed by atoms with Crippen molar-refractivity contribution in [1.82, 2.24) is 5.43 Å². The third-order valence-electron chi connectivity index (χ3n) is 1.60. The van der Waals surface area contributed by atoms with Crippen molar-refractivity contribution >= 4 is 34.4 Å². The number of nitrogens with zero attached hydrogens (tertiary/aromatic N) is 4. The first kappa shape index (κ1) is 12.9. The van der Waals surface area contributed by atoms with Crippen molar-refractivity contribution in [3.05, 3.63) is 34.3 Å². The van der Waals surface area contributed by atoms with Crippen LogP contribution < -0.4 is 11.2 Å². The lowest BCUT2D eigenvalue weighted by Crippen LogP contribution is -2.27. The Hall–Kier alpha value is -2.20. The van der Waals surface area contributed by atoms with Crippen molar-refractivity contribution in [3.8, 4) is 6.19 Å². The zero-order chi connectivity index (χ0) is 12.5. The van der Waals surface area contributed by atoms with Gasteiger partial charge in [-0.3, -0.25) is 0 Å². The van der Waals surface area contributed by atoms with Crippen LogP contribution in [0, 0.1) is 11.5 Å². The normalized spacial score (nSPS) is 11.9. The second-order valence-electron chi connectivity index (χ2n) is 2.75. The summed E-state index contributed by atoms with van der Waals surface area (Å²) in [7, 11) is 0. The summed E-state index contributed by atoms with van der Waals surface area (Å²) >= 11 is 3.38. The molecular weight excluding hydrogens is 284 g/mol. The smallest absolute Gasteiger partial charge is 0.215 e. The summed E-state index contributed by atoms with van der Waals surface area (Å²) in [5.74, 6) is 0.0484. The van der Waals surface area contributed by atoms with Crippen molar-refractivity contribution in [2.75, 3.05) is 0 Å². The van der Waals surface area contributed by atoms with Gasteiger partial charge in [0, 0.05) is 10.0 Å². The number of benzene rings is 1. The molecule has 7 heteroatoms. The molecule has 0 spiro atoms. The van der Waals surface area contributed by atoms with E-state index in [2.05, 4.69) is 36.4 Å². The fourth-order valence-corrected chi connectivity index (χ4v) is 1.28. The lowest BCUT2D eigenvalue weighted by molar-refractivity contribution is 1.02. The number of hydrazone groups is 1. The highest BCUT2D eigenvalue weighted by Crippen LogP contribution is 2.13. The Bertz CT molecular complexity index is 500. The minimum absolute atomic E-state index is 0.0484. The predicted molar refractivity (Wildman–Crippen MR) is 70.6 cm³/mol. The molecule has 0 saturated carbocycles. The van der Waals surface area contributed by atoms with E-state index in [1.54, 1.807) is 12.4 Å². The van der Waals surface area contributed by atoms with Crippen LogP contribution in [0.5, 0.6) is 0 Å². The fourth-order valence-electron chi connectivity index (χ4n) is 0.894. The average Bonchev–Trinajstić information content (AvgIpc) is 2.32. The Labute approximate surface area is 107 Å². The quantitative estimate of drug-likeness (QED) is 0.379. The number of halogens is 1. The van der Waals surface area contributed by atoms with Crippen molar-refractivity contribution < 1.29 is 0 Å². The maximum absolute atomic E-state index is 8.12. The van der Waals surface area contributed by atoms with Gasteiger partial charge >= 0.3 is 0 Å². The van der Waals surface area contributed by atoms with E-state index in [1.165, 1.54) is 0 Å². The standard InChI is InChI=1S/C10H9BrN6/c11-9-4-2-1-3-8(9)5-16-17-10(13)15-7-14-6-12/h1-5,7H,(H3,13,14,15,17)/b16-5+. The van der Waals surface area contributed by atoms with Crippen LogP contribution in [-0.4, -0.2) is 18.5 Å². The summed E-state index contributed by atoms with van der Waals surface area (Å²) in [6.07, 6.45) is 4.18. The highest BCUT2D eigenvalue weighted by Gasteiger charge is 1.93. The molecule has 0 fully saturated rings. The molecule has 0 bridgehead atoms. The molecule has 0 atom stereocenters. The number of hydrogen-bond acceptors (Lipinski definition) is 3. The third-order valence-corrected chi connectivity index (χ3v) is 2.32. The van der Waals surface area contributed by atoms with Crippen molar-refractivity contribution in [1.29, 1.82) is 5.26 Å². The lowest BCUT2D eigenvalue weighted by Gasteiger charge is -1.98. The summed E-state index contributed by atoms with van der Waals surface area (Å²) in [5, 5.41) is 12.0. The minimum Gasteiger partial charge on any atom is -0.368 e. The fraction of sp³-hybridized carbons (Fsp3) is 0. The van der Waals surface area contributed by atoms with Gasteiger partial charge in [0.2, 0.25) is 12.2 Å². The van der Waals surface area contributed by atoms with E-state index in [-0.39, 0.29) is 5.96 Å². The van der Waals surface area contributed by atoms with Gasteiger partial charge in [-0.1, -0.05) is 34.1 Å². The molecular formula is C10H9BrN6. The molecule has 3 N–H and O–H groups in total. The number of nitriles is 1. The Morgan fingerprint density at radius 2 is 2.24 bits per heavy atom. The van der Waals surface area contributed by atoms with E-state index in [0.717, 1.165) is 16.4 Å². The monoisotopic (exact) mass is 292 g/mol. The van der Waals surface area contributed by atoms with Crippen molar-refractivity contribution in [3.63, 3.8) is 0 Å². The van der Waals surface area contributed by atoms with Gasteiger partial charge in [-0.15, -0.1) is 0 Å². The van der Waals surface area contributed by atoms with Gasteiger partial charge in [-0.25, -0.2) is 10.4 Å². The molecule has 86 valence electrons. The van der Waals surface area contributed by atoms with E-state index < -0.39 is 0 Å². The van der Waals surface area contributed by atoms with Crippen LogP contribution in [0.3, 0.4) is 0 Å². The highest BCUT2D eigenvalue weighted by molar-refractivity contribution is 9.10. The van der Waals surface area contributed by atoms with Crippen molar-refractivity contribution in [2.45, 2.75) is 0 Å². The van der Waals surface area contributed by atoms with Gasteiger partial charge in [0.1, 0.15) is 6.34 Å². The SMILES string of the molecule is N#CN=CN=C(N)N/N=C/c1ccccc1Br. The molecule has 0 aliphatic rings. The molecule has 0 aliphatic heterocycles. The topological polar surface area (TPSA) is 98.9 Å². The van der Waals surface area contributed by atoms with E-state index >= 15 is 0 Å². The Kier molecular flexibility index (Phi) is 5.40. The first-order valence-electron chi connectivity index (χ1n) is 4.51. The maximum Gasteiger partial charge on any atom is 0.215 e. The van der Waals surface area contributed by atoms with Gasteiger partial charge in [0.25, 0.3) is 0 Å². The van der Waals surface area contributed by atoms with Crippen LogP contribution in [0.4, 0.5) is 0 Å². The van der Waals surface area contributed by atoms with Crippen molar-refractivity contribution in [2.24, 2.45) is 20.8 Å². The Balaban J connectivity index is 2.57. The van der Waals surface area contributed by atoms with E-state index in [1.807, 2.05) is 24.3 Å². The van der Waals surface area contributed by atoms with Crippen LogP contribution in [0.25, 0.3) is 0 Å². The van der Waals surface area contributed by atoms with Crippen LogP contribution in [0.2, 0.25) is 0 Å². The number of nitrogens with two attached hydrogens (primary N) is 1. The van der Waals surface area contributed by atoms with Crippen LogP contribution in [-0.2, 0) is 0 Å². The first-order valence-corrected chi connectivity index (χ1v) is 5.31. The molecule has 17 heavy (non-hydrogen) atoms. The van der Waals surface area contributed by atoms with Gasteiger partial charge in [0.15, 0.2) is 0 Å². The molecule has 0 aliphatic carbocycles. The second kappa shape index (κ2) is 7.14.